The van der Waals surface area contributed by atoms with Crippen LogP contribution in [-0.2, 0) is 15.7 Å². The van der Waals surface area contributed by atoms with Gasteiger partial charge in [0.2, 0.25) is 0 Å². The van der Waals surface area contributed by atoms with Crippen LogP contribution < -0.4 is 14.9 Å². The monoisotopic (exact) mass is 618 g/mol. The molecule has 0 bridgehead atoms. The van der Waals surface area contributed by atoms with Crippen molar-refractivity contribution in [2.24, 2.45) is 4.99 Å². The van der Waals surface area contributed by atoms with E-state index in [9.17, 15) is 27.2 Å². The molecule has 1 atom stereocenters. The van der Waals surface area contributed by atoms with E-state index in [-0.39, 0.29) is 38.6 Å². The highest BCUT2D eigenvalue weighted by Crippen LogP contribution is 2.36. The summed E-state index contributed by atoms with van der Waals surface area (Å²) >= 11 is 1.05. The van der Waals surface area contributed by atoms with Gasteiger partial charge in [-0.1, -0.05) is 65.9 Å². The lowest BCUT2D eigenvalue weighted by Gasteiger charge is -2.25. The molecule has 0 saturated heterocycles. The van der Waals surface area contributed by atoms with Crippen LogP contribution in [0.3, 0.4) is 0 Å². The molecule has 1 aliphatic heterocycles. The second-order valence-corrected chi connectivity index (χ2v) is 10.8. The third-order valence-corrected chi connectivity index (χ3v) is 7.92. The van der Waals surface area contributed by atoms with Crippen molar-refractivity contribution >= 4 is 29.1 Å². The number of carbonyl (C=O) groups is 1. The number of alkyl halides is 3. The van der Waals surface area contributed by atoms with E-state index in [0.717, 1.165) is 23.5 Å². The Morgan fingerprint density at radius 1 is 1.00 bits per heavy atom. The number of hydrogen-bond donors (Lipinski definition) is 0. The van der Waals surface area contributed by atoms with Crippen LogP contribution in [0.1, 0.15) is 35.4 Å². The molecule has 11 heteroatoms. The first-order valence-corrected chi connectivity index (χ1v) is 14.3. The molecule has 222 valence electrons. The normalized spacial score (nSPS) is 15.2. The summed E-state index contributed by atoms with van der Waals surface area (Å²) in [4.78, 5) is 32.4. The summed E-state index contributed by atoms with van der Waals surface area (Å²) in [6.45, 7) is 1.75. The zero-order valence-electron chi connectivity index (χ0n) is 23.0. The Hall–Kier alpha value is -5.03. The number of fused-ring (bicyclic) bond motifs is 1. The molecule has 0 spiro atoms. The minimum absolute atomic E-state index is 0.0810. The van der Waals surface area contributed by atoms with Gasteiger partial charge in [0.25, 0.3) is 5.56 Å². The highest BCUT2D eigenvalue weighted by Gasteiger charge is 2.35. The standard InChI is InChI=1S/C33H22F4N2O4S/c1-2-42-31(41)27-28(19-7-4-3-5-8-19)38-32-39(29(27)20-11-13-23(34)14-12-20)30(40)26(44-32)18-24-15-16-25(43-24)21-9-6-10-22(17-21)33(35,36)37/h3-18,29H,2H2,1H3/t29-/m1/s1. The van der Waals surface area contributed by atoms with Crippen LogP contribution in [0.15, 0.2) is 111 Å². The fourth-order valence-corrected chi connectivity index (χ4v) is 5.95. The highest BCUT2D eigenvalue weighted by molar-refractivity contribution is 7.07. The van der Waals surface area contributed by atoms with Crippen LogP contribution in [0, 0.1) is 5.82 Å². The van der Waals surface area contributed by atoms with Crippen LogP contribution in [0.5, 0.6) is 0 Å². The van der Waals surface area contributed by atoms with Gasteiger partial charge in [-0.2, -0.15) is 13.2 Å². The lowest BCUT2D eigenvalue weighted by molar-refractivity contribution is -0.139. The SMILES string of the molecule is CCOC(=O)C1=C(c2ccccc2)N=c2sc(=Cc3ccc(-c4cccc(C(F)(F)F)c4)o3)c(=O)n2[C@@H]1c1ccc(F)cc1. The Balaban J connectivity index is 1.52. The van der Waals surface area contributed by atoms with Gasteiger partial charge in [0.15, 0.2) is 4.80 Å². The van der Waals surface area contributed by atoms with Crippen LogP contribution in [0.25, 0.3) is 23.1 Å². The number of carbonyl (C=O) groups excluding carboxylic acids is 1. The molecule has 3 aromatic carbocycles. The minimum Gasteiger partial charge on any atom is -0.463 e. The van der Waals surface area contributed by atoms with E-state index < -0.39 is 35.1 Å². The van der Waals surface area contributed by atoms with Crippen LogP contribution in [0.4, 0.5) is 17.6 Å². The van der Waals surface area contributed by atoms with Gasteiger partial charge in [-0.25, -0.2) is 14.2 Å². The molecule has 5 aromatic rings. The Kier molecular flexibility index (Phi) is 7.64. The number of rotatable bonds is 6. The van der Waals surface area contributed by atoms with E-state index in [1.54, 1.807) is 37.3 Å². The van der Waals surface area contributed by atoms with Crippen molar-refractivity contribution in [3.05, 3.63) is 145 Å². The fraction of sp³-hybridized carbons (Fsp3) is 0.121. The Labute approximate surface area is 251 Å². The van der Waals surface area contributed by atoms with Gasteiger partial charge < -0.3 is 9.15 Å². The molecule has 0 N–H and O–H groups in total. The quantitative estimate of drug-likeness (QED) is 0.164. The van der Waals surface area contributed by atoms with Crippen LogP contribution in [-0.4, -0.2) is 17.1 Å². The number of esters is 1. The average Bonchev–Trinajstić information content (AvgIpc) is 3.61. The molecule has 6 rings (SSSR count). The van der Waals surface area contributed by atoms with Gasteiger partial charge in [0.1, 0.15) is 17.3 Å². The second kappa shape index (κ2) is 11.6. The number of nitrogens with zero attached hydrogens (tertiary/aromatic N) is 2. The summed E-state index contributed by atoms with van der Waals surface area (Å²) in [7, 11) is 0. The number of aromatic nitrogens is 1. The highest BCUT2D eigenvalue weighted by atomic mass is 32.1. The third-order valence-electron chi connectivity index (χ3n) is 6.93. The van der Waals surface area contributed by atoms with Crippen molar-refractivity contribution in [3.63, 3.8) is 0 Å². The molecule has 3 heterocycles. The first-order valence-electron chi connectivity index (χ1n) is 13.5. The number of halogens is 4. The first-order chi connectivity index (χ1) is 21.1. The third kappa shape index (κ3) is 5.53. The lowest BCUT2D eigenvalue weighted by Crippen LogP contribution is -2.40. The molecule has 0 amide bonds. The molecule has 6 nitrogen and oxygen atoms in total. The summed E-state index contributed by atoms with van der Waals surface area (Å²) in [5.74, 6) is -0.736. The zero-order valence-corrected chi connectivity index (χ0v) is 23.8. The molecule has 0 radical (unpaired) electrons. The minimum atomic E-state index is -4.51. The van der Waals surface area contributed by atoms with Gasteiger partial charge in [0.05, 0.1) is 34.0 Å². The lowest BCUT2D eigenvalue weighted by atomic mass is 9.93. The maximum atomic E-state index is 13.9. The summed E-state index contributed by atoms with van der Waals surface area (Å²) in [6, 6.07) is 21.3. The number of thiazole rings is 1. The first kappa shape index (κ1) is 29.1. The molecule has 0 unspecified atom stereocenters. The van der Waals surface area contributed by atoms with E-state index in [4.69, 9.17) is 14.1 Å². The smallest absolute Gasteiger partial charge is 0.416 e. The maximum absolute atomic E-state index is 13.9. The van der Waals surface area contributed by atoms with E-state index in [0.29, 0.717) is 16.8 Å². The van der Waals surface area contributed by atoms with E-state index in [1.807, 2.05) is 6.07 Å². The number of hydrogen-bond acceptors (Lipinski definition) is 6. The Morgan fingerprint density at radius 2 is 1.73 bits per heavy atom. The summed E-state index contributed by atoms with van der Waals surface area (Å²) in [5, 5.41) is 0. The summed E-state index contributed by atoms with van der Waals surface area (Å²) in [5.41, 5.74) is 0.448. The topological polar surface area (TPSA) is 73.8 Å². The predicted molar refractivity (Wildman–Crippen MR) is 157 cm³/mol. The van der Waals surface area contributed by atoms with Gasteiger partial charge in [0, 0.05) is 17.2 Å². The van der Waals surface area contributed by atoms with Crippen molar-refractivity contribution in [1.82, 2.24) is 4.57 Å². The molecule has 1 aliphatic rings. The van der Waals surface area contributed by atoms with Crippen LogP contribution >= 0.6 is 11.3 Å². The Bertz CT molecular complexity index is 2070. The van der Waals surface area contributed by atoms with Gasteiger partial charge in [-0.3, -0.25) is 9.36 Å². The molecule has 0 aliphatic carbocycles. The second-order valence-electron chi connectivity index (χ2n) is 9.76. The van der Waals surface area contributed by atoms with Crippen molar-refractivity contribution in [2.45, 2.75) is 19.1 Å². The molecule has 0 saturated carbocycles. The summed E-state index contributed by atoms with van der Waals surface area (Å²) < 4.78 is 66.4. The van der Waals surface area contributed by atoms with Crippen LogP contribution in [0.2, 0.25) is 0 Å². The Morgan fingerprint density at radius 3 is 2.43 bits per heavy atom. The number of benzene rings is 3. The summed E-state index contributed by atoms with van der Waals surface area (Å²) in [6.07, 6.45) is -3.04. The van der Waals surface area contributed by atoms with Gasteiger partial charge >= 0.3 is 12.1 Å². The molecular weight excluding hydrogens is 596 g/mol. The fourth-order valence-electron chi connectivity index (χ4n) is 4.96. The van der Waals surface area contributed by atoms with E-state index >= 15 is 0 Å². The zero-order chi connectivity index (χ0) is 31.0. The molecular formula is C33H22F4N2O4S. The molecule has 2 aromatic heterocycles. The maximum Gasteiger partial charge on any atom is 0.416 e. The molecule has 44 heavy (non-hydrogen) atoms. The number of furan rings is 1. The predicted octanol–water partition coefficient (Wildman–Crippen LogP) is 6.35. The van der Waals surface area contributed by atoms with Crippen molar-refractivity contribution < 1.29 is 31.5 Å². The number of ether oxygens (including phenoxy) is 1. The average molecular weight is 619 g/mol. The van der Waals surface area contributed by atoms with E-state index in [1.165, 1.54) is 53.1 Å². The van der Waals surface area contributed by atoms with E-state index in [2.05, 4.69) is 0 Å². The van der Waals surface area contributed by atoms with Gasteiger partial charge in [-0.05, 0) is 48.9 Å². The molecule has 0 fully saturated rings. The van der Waals surface area contributed by atoms with Crippen molar-refractivity contribution in [1.29, 1.82) is 0 Å². The van der Waals surface area contributed by atoms with Gasteiger partial charge in [-0.15, -0.1) is 0 Å². The van der Waals surface area contributed by atoms with Crippen molar-refractivity contribution in [2.75, 3.05) is 6.61 Å². The van der Waals surface area contributed by atoms with Crippen molar-refractivity contribution in [3.8, 4) is 11.3 Å². The largest absolute Gasteiger partial charge is 0.463 e.